The van der Waals surface area contributed by atoms with Gasteiger partial charge in [-0.2, -0.15) is 0 Å². The number of methoxy groups -OCH3 is 1. The fraction of sp³-hybridized carbons (Fsp3) is 0.200. The van der Waals surface area contributed by atoms with Gasteiger partial charge in [-0.3, -0.25) is 14.4 Å². The van der Waals surface area contributed by atoms with Crippen LogP contribution in [0.5, 0.6) is 0 Å². The molecule has 0 radical (unpaired) electrons. The van der Waals surface area contributed by atoms with Gasteiger partial charge in [-0.15, -0.1) is 0 Å². The molecule has 0 saturated heterocycles. The van der Waals surface area contributed by atoms with Crippen molar-refractivity contribution >= 4 is 35.4 Å². The van der Waals surface area contributed by atoms with Gasteiger partial charge in [0.1, 0.15) is 5.41 Å². The molecule has 0 bridgehead atoms. The molecule has 0 fully saturated rings. The normalized spacial score (nSPS) is 11.9. The van der Waals surface area contributed by atoms with Gasteiger partial charge in [-0.05, 0) is 6.92 Å². The molecule has 0 saturated carbocycles. The average molecular weight is 466 g/mol. The van der Waals surface area contributed by atoms with Crippen LogP contribution in [-0.2, 0) is 33.4 Å². The molecule has 9 heteroatoms. The number of Topliss-reactive ketones (excluding diaryl/α,β-unsaturated/α-hetero) is 2. The molecule has 0 N–H and O–H groups in total. The molecule has 0 spiro atoms. The van der Waals surface area contributed by atoms with Crippen molar-refractivity contribution in [3.8, 4) is 0 Å². The van der Waals surface area contributed by atoms with Gasteiger partial charge < -0.3 is 14.2 Å². The van der Waals surface area contributed by atoms with Gasteiger partial charge in [-0.1, -0.05) is 60.7 Å². The molecule has 0 aliphatic rings. The van der Waals surface area contributed by atoms with E-state index in [0.29, 0.717) is 6.08 Å². The van der Waals surface area contributed by atoms with Gasteiger partial charge in [0, 0.05) is 30.2 Å². The SMILES string of the molecule is COC(=O)C=CC(=O)OC(C(=O)OC(C)=O)C(C)(C(=O)c1ccccc1)C(=O)c1ccccc1. The average Bonchev–Trinajstić information content (AvgIpc) is 2.84. The molecule has 0 aromatic heterocycles. The number of ketones is 2. The highest BCUT2D eigenvalue weighted by molar-refractivity contribution is 6.22. The van der Waals surface area contributed by atoms with Gasteiger partial charge >= 0.3 is 23.9 Å². The largest absolute Gasteiger partial charge is 0.466 e. The predicted octanol–water partition coefficient (Wildman–Crippen LogP) is 2.49. The van der Waals surface area contributed by atoms with E-state index < -0.39 is 47.0 Å². The Morgan fingerprint density at radius 1 is 0.765 bits per heavy atom. The lowest BCUT2D eigenvalue weighted by Gasteiger charge is -2.32. The van der Waals surface area contributed by atoms with Gasteiger partial charge in [0.2, 0.25) is 6.10 Å². The third-order valence-electron chi connectivity index (χ3n) is 4.79. The van der Waals surface area contributed by atoms with Crippen LogP contribution in [0.25, 0.3) is 0 Å². The minimum Gasteiger partial charge on any atom is -0.466 e. The van der Waals surface area contributed by atoms with Crippen LogP contribution in [0.15, 0.2) is 72.8 Å². The summed E-state index contributed by atoms with van der Waals surface area (Å²) in [4.78, 5) is 75.3. The van der Waals surface area contributed by atoms with Crippen molar-refractivity contribution in [2.75, 3.05) is 7.11 Å². The summed E-state index contributed by atoms with van der Waals surface area (Å²) in [5.41, 5.74) is -2.23. The summed E-state index contributed by atoms with van der Waals surface area (Å²) in [7, 11) is 1.08. The minimum atomic E-state index is -2.33. The zero-order valence-electron chi connectivity index (χ0n) is 18.7. The Kier molecular flexibility index (Phi) is 8.72. The summed E-state index contributed by atoms with van der Waals surface area (Å²) >= 11 is 0. The first-order chi connectivity index (χ1) is 16.1. The molecule has 1 unspecified atom stereocenters. The minimum absolute atomic E-state index is 0.0519. The van der Waals surface area contributed by atoms with Crippen LogP contribution < -0.4 is 0 Å². The lowest BCUT2D eigenvalue weighted by atomic mass is 9.71. The predicted molar refractivity (Wildman–Crippen MR) is 117 cm³/mol. The lowest BCUT2D eigenvalue weighted by molar-refractivity contribution is -0.175. The summed E-state index contributed by atoms with van der Waals surface area (Å²) in [6, 6.07) is 15.2. The molecule has 0 heterocycles. The molecule has 2 rings (SSSR count). The summed E-state index contributed by atoms with van der Waals surface area (Å²) in [6.07, 6.45) is -0.780. The zero-order valence-corrected chi connectivity index (χ0v) is 18.7. The van der Waals surface area contributed by atoms with E-state index >= 15 is 0 Å². The van der Waals surface area contributed by atoms with Crippen molar-refractivity contribution in [3.05, 3.63) is 83.9 Å². The maximum atomic E-state index is 13.6. The Balaban J connectivity index is 2.65. The molecule has 1 atom stereocenters. The maximum absolute atomic E-state index is 13.6. The van der Waals surface area contributed by atoms with Crippen molar-refractivity contribution in [1.82, 2.24) is 0 Å². The zero-order chi connectivity index (χ0) is 25.3. The van der Waals surface area contributed by atoms with Crippen LogP contribution in [0.4, 0.5) is 0 Å². The second-order valence-corrected chi connectivity index (χ2v) is 7.18. The number of carbonyl (C=O) groups is 6. The van der Waals surface area contributed by atoms with Crippen molar-refractivity contribution in [2.45, 2.75) is 20.0 Å². The third kappa shape index (κ3) is 6.10. The standard InChI is InChI=1S/C25H22O9/c1-16(26)33-24(31)23(34-20(28)15-14-19(27)32-3)25(2,21(29)17-10-6-4-7-11-17)22(30)18-12-8-5-9-13-18/h4-15,23H,1-3H3. The number of carbonyl (C=O) groups excluding carboxylic acids is 6. The van der Waals surface area contributed by atoms with Gasteiger partial charge in [0.05, 0.1) is 7.11 Å². The molecule has 2 aromatic carbocycles. The van der Waals surface area contributed by atoms with E-state index in [2.05, 4.69) is 9.47 Å². The van der Waals surface area contributed by atoms with Crippen molar-refractivity contribution in [2.24, 2.45) is 5.41 Å². The van der Waals surface area contributed by atoms with Crippen LogP contribution in [0.3, 0.4) is 0 Å². The molecular formula is C25H22O9. The van der Waals surface area contributed by atoms with E-state index in [1.54, 1.807) is 36.4 Å². The van der Waals surface area contributed by atoms with E-state index in [0.717, 1.165) is 27.0 Å². The van der Waals surface area contributed by atoms with Gasteiger partial charge in [-0.25, -0.2) is 14.4 Å². The van der Waals surface area contributed by atoms with Crippen molar-refractivity contribution in [3.63, 3.8) is 0 Å². The summed E-state index contributed by atoms with van der Waals surface area (Å²) in [5, 5.41) is 0. The fourth-order valence-corrected chi connectivity index (χ4v) is 3.08. The van der Waals surface area contributed by atoms with Crippen molar-refractivity contribution in [1.29, 1.82) is 0 Å². The van der Waals surface area contributed by atoms with E-state index in [9.17, 15) is 28.8 Å². The Labute approximate surface area is 195 Å². The number of hydrogen-bond acceptors (Lipinski definition) is 9. The summed E-state index contributed by atoms with van der Waals surface area (Å²) in [6.45, 7) is 2.06. The van der Waals surface area contributed by atoms with Crippen LogP contribution in [-0.4, -0.2) is 48.7 Å². The maximum Gasteiger partial charge on any atom is 0.356 e. The molecule has 0 amide bonds. The fourth-order valence-electron chi connectivity index (χ4n) is 3.08. The Hall–Kier alpha value is -4.40. The molecule has 0 aliphatic carbocycles. The highest BCUT2D eigenvalue weighted by atomic mass is 16.6. The first kappa shape index (κ1) is 25.9. The number of esters is 4. The van der Waals surface area contributed by atoms with Crippen LogP contribution in [0.1, 0.15) is 34.6 Å². The smallest absolute Gasteiger partial charge is 0.356 e. The number of ether oxygens (including phenoxy) is 3. The second kappa shape index (κ2) is 11.5. The molecule has 176 valence electrons. The van der Waals surface area contributed by atoms with E-state index in [-0.39, 0.29) is 11.1 Å². The Bertz CT molecular complexity index is 1070. The Morgan fingerprint density at radius 3 is 1.62 bits per heavy atom. The number of hydrogen-bond donors (Lipinski definition) is 0. The molecule has 2 aromatic rings. The molecule has 9 nitrogen and oxygen atoms in total. The van der Waals surface area contributed by atoms with E-state index in [1.165, 1.54) is 24.3 Å². The van der Waals surface area contributed by atoms with Crippen LogP contribution in [0, 0.1) is 5.41 Å². The van der Waals surface area contributed by atoms with Crippen molar-refractivity contribution < 1.29 is 43.0 Å². The molecule has 0 aliphatic heterocycles. The van der Waals surface area contributed by atoms with Crippen LogP contribution in [0.2, 0.25) is 0 Å². The van der Waals surface area contributed by atoms with Gasteiger partial charge in [0.25, 0.3) is 0 Å². The number of benzene rings is 2. The summed E-state index contributed by atoms with van der Waals surface area (Å²) in [5.74, 6) is -6.30. The molecule has 34 heavy (non-hydrogen) atoms. The number of rotatable bonds is 9. The second-order valence-electron chi connectivity index (χ2n) is 7.18. The summed E-state index contributed by atoms with van der Waals surface area (Å²) < 4.78 is 14.1. The highest BCUT2D eigenvalue weighted by Gasteiger charge is 2.55. The van der Waals surface area contributed by atoms with E-state index in [4.69, 9.17) is 4.74 Å². The van der Waals surface area contributed by atoms with Gasteiger partial charge in [0.15, 0.2) is 11.6 Å². The molecular weight excluding hydrogens is 444 g/mol. The van der Waals surface area contributed by atoms with E-state index in [1.807, 2.05) is 0 Å². The third-order valence-corrected chi connectivity index (χ3v) is 4.79. The highest BCUT2D eigenvalue weighted by Crippen LogP contribution is 2.34. The first-order valence-corrected chi connectivity index (χ1v) is 9.99. The quantitative estimate of drug-likeness (QED) is 0.180. The monoisotopic (exact) mass is 466 g/mol. The lowest BCUT2D eigenvalue weighted by Crippen LogP contribution is -2.53. The Morgan fingerprint density at radius 2 is 1.21 bits per heavy atom. The first-order valence-electron chi connectivity index (χ1n) is 9.99. The van der Waals surface area contributed by atoms with Crippen LogP contribution >= 0.6 is 0 Å². The topological polar surface area (TPSA) is 130 Å².